The first-order chi connectivity index (χ1) is 11.8. The molecular formula is C18H15N3O3. The molecule has 2 aromatic heterocycles. The third-order valence-electron chi connectivity index (χ3n) is 3.26. The predicted octanol–water partition coefficient (Wildman–Crippen LogP) is 2.46. The lowest BCUT2D eigenvalue weighted by atomic mass is 10.2. The number of amides is 1. The summed E-state index contributed by atoms with van der Waals surface area (Å²) >= 11 is 0. The van der Waals surface area contributed by atoms with Crippen LogP contribution in [0.2, 0.25) is 0 Å². The first-order valence-electron chi connectivity index (χ1n) is 7.26. The molecular weight excluding hydrogens is 306 g/mol. The highest BCUT2D eigenvalue weighted by atomic mass is 16.5. The summed E-state index contributed by atoms with van der Waals surface area (Å²) in [5, 5.41) is 9.43. The van der Waals surface area contributed by atoms with Gasteiger partial charge in [0.1, 0.15) is 11.4 Å². The zero-order valence-electron chi connectivity index (χ0n) is 13.0. The van der Waals surface area contributed by atoms with E-state index in [-0.39, 0.29) is 18.1 Å². The highest BCUT2D eigenvalue weighted by molar-refractivity contribution is 5.93. The molecule has 0 aliphatic heterocycles. The molecule has 0 saturated carbocycles. The van der Waals surface area contributed by atoms with Crippen molar-refractivity contribution in [3.63, 3.8) is 0 Å². The zero-order chi connectivity index (χ0) is 16.8. The number of nitrogens with zero attached hydrogens (tertiary/aromatic N) is 1. The summed E-state index contributed by atoms with van der Waals surface area (Å²) < 4.78 is 10.3. The number of ether oxygens (including phenoxy) is 1. The second-order valence-electron chi connectivity index (χ2n) is 4.86. The van der Waals surface area contributed by atoms with Gasteiger partial charge in [-0.25, -0.2) is 0 Å². The second-order valence-corrected chi connectivity index (χ2v) is 4.86. The monoisotopic (exact) mass is 321 g/mol. The van der Waals surface area contributed by atoms with Crippen molar-refractivity contribution in [1.29, 1.82) is 0 Å². The average molecular weight is 321 g/mol. The van der Waals surface area contributed by atoms with Crippen molar-refractivity contribution in [1.82, 2.24) is 15.5 Å². The zero-order valence-corrected chi connectivity index (χ0v) is 13.0. The number of rotatable bonds is 4. The van der Waals surface area contributed by atoms with Crippen molar-refractivity contribution >= 4 is 5.91 Å². The highest BCUT2D eigenvalue weighted by Gasteiger charge is 2.11. The maximum Gasteiger partial charge on any atom is 0.272 e. The summed E-state index contributed by atoms with van der Waals surface area (Å²) in [5.74, 6) is 6.97. The lowest BCUT2D eigenvalue weighted by Gasteiger charge is -1.98. The summed E-state index contributed by atoms with van der Waals surface area (Å²) in [7, 11) is 1.61. The first kappa shape index (κ1) is 15.4. The Morgan fingerprint density at radius 2 is 2.17 bits per heavy atom. The van der Waals surface area contributed by atoms with Crippen LogP contribution in [0.5, 0.6) is 5.75 Å². The van der Waals surface area contributed by atoms with E-state index in [1.165, 1.54) is 0 Å². The summed E-state index contributed by atoms with van der Waals surface area (Å²) in [4.78, 5) is 12.0. The molecule has 0 spiro atoms. The summed E-state index contributed by atoms with van der Waals surface area (Å²) in [6.07, 6.45) is 1.56. The van der Waals surface area contributed by atoms with Crippen LogP contribution in [0.25, 0.3) is 11.5 Å². The third kappa shape index (κ3) is 3.65. The van der Waals surface area contributed by atoms with Crippen LogP contribution in [0.3, 0.4) is 0 Å². The molecule has 1 aromatic carbocycles. The molecule has 6 heteroatoms. The predicted molar refractivity (Wildman–Crippen MR) is 88.5 cm³/mol. The Bertz CT molecular complexity index is 868. The van der Waals surface area contributed by atoms with Gasteiger partial charge >= 0.3 is 0 Å². The van der Waals surface area contributed by atoms with Crippen LogP contribution < -0.4 is 10.1 Å². The van der Waals surface area contributed by atoms with Crippen LogP contribution in [-0.2, 0) is 0 Å². The Morgan fingerprint density at radius 1 is 1.33 bits per heavy atom. The Balaban J connectivity index is 1.55. The van der Waals surface area contributed by atoms with E-state index in [1.54, 1.807) is 31.6 Å². The van der Waals surface area contributed by atoms with Gasteiger partial charge in [0.15, 0.2) is 11.5 Å². The van der Waals surface area contributed by atoms with Crippen molar-refractivity contribution in [2.24, 2.45) is 0 Å². The molecule has 0 aliphatic carbocycles. The fourth-order valence-electron chi connectivity index (χ4n) is 2.03. The largest absolute Gasteiger partial charge is 0.497 e. The number of hydrogen-bond donors (Lipinski definition) is 2. The Labute approximate surface area is 138 Å². The molecule has 0 fully saturated rings. The maximum atomic E-state index is 12.0. The quantitative estimate of drug-likeness (QED) is 0.723. The maximum absolute atomic E-state index is 12.0. The number of carbonyl (C=O) groups excluding carboxylic acids is 1. The molecule has 0 aliphatic rings. The smallest absolute Gasteiger partial charge is 0.272 e. The number of benzene rings is 1. The van der Waals surface area contributed by atoms with Crippen LogP contribution in [-0.4, -0.2) is 29.8 Å². The summed E-state index contributed by atoms with van der Waals surface area (Å²) in [6, 6.07) is 12.6. The van der Waals surface area contributed by atoms with Crippen LogP contribution in [0.4, 0.5) is 0 Å². The van der Waals surface area contributed by atoms with Crippen LogP contribution in [0.1, 0.15) is 16.1 Å². The van der Waals surface area contributed by atoms with Crippen molar-refractivity contribution in [3.8, 4) is 29.0 Å². The number of furan rings is 1. The van der Waals surface area contributed by atoms with Crippen molar-refractivity contribution < 1.29 is 13.9 Å². The van der Waals surface area contributed by atoms with Crippen LogP contribution in [0, 0.1) is 11.8 Å². The average Bonchev–Trinajstić information content (AvgIpc) is 3.30. The van der Waals surface area contributed by atoms with Crippen molar-refractivity contribution in [2.75, 3.05) is 13.7 Å². The minimum absolute atomic E-state index is 0.230. The SMILES string of the molecule is COc1ccc(C#CCNC(=O)c2cc(-c3ccco3)[nH]n2)cc1. The molecule has 3 rings (SSSR count). The van der Waals surface area contributed by atoms with E-state index >= 15 is 0 Å². The molecule has 0 radical (unpaired) electrons. The molecule has 0 bridgehead atoms. The van der Waals surface area contributed by atoms with Gasteiger partial charge in [-0.2, -0.15) is 5.10 Å². The second kappa shape index (κ2) is 7.20. The van der Waals surface area contributed by atoms with Gasteiger partial charge < -0.3 is 14.5 Å². The molecule has 6 nitrogen and oxygen atoms in total. The molecule has 2 N–H and O–H groups in total. The minimum Gasteiger partial charge on any atom is -0.497 e. The van der Waals surface area contributed by atoms with Crippen molar-refractivity contribution in [2.45, 2.75) is 0 Å². The standard InChI is InChI=1S/C18H15N3O3/c1-23-14-8-6-13(7-9-14)4-2-10-19-18(22)16-12-15(20-21-16)17-5-3-11-24-17/h3,5-9,11-12H,10H2,1H3,(H,19,22)(H,20,21). The lowest BCUT2D eigenvalue weighted by Crippen LogP contribution is -2.23. The topological polar surface area (TPSA) is 80.1 Å². The third-order valence-corrected chi connectivity index (χ3v) is 3.26. The van der Waals surface area contributed by atoms with E-state index in [9.17, 15) is 4.79 Å². The fourth-order valence-corrected chi connectivity index (χ4v) is 2.03. The molecule has 1 amide bonds. The van der Waals surface area contributed by atoms with E-state index in [0.29, 0.717) is 11.5 Å². The van der Waals surface area contributed by atoms with Crippen LogP contribution in [0.15, 0.2) is 53.1 Å². The van der Waals surface area contributed by atoms with Crippen LogP contribution >= 0.6 is 0 Å². The molecule has 0 unspecified atom stereocenters. The van der Waals surface area contributed by atoms with Crippen molar-refractivity contribution in [3.05, 3.63) is 60.0 Å². The molecule has 24 heavy (non-hydrogen) atoms. The number of carbonyl (C=O) groups is 1. The van der Waals surface area contributed by atoms with Gasteiger partial charge in [-0.15, -0.1) is 0 Å². The first-order valence-corrected chi connectivity index (χ1v) is 7.26. The van der Waals surface area contributed by atoms with Gasteiger partial charge in [0.25, 0.3) is 5.91 Å². The normalized spacial score (nSPS) is 9.88. The Morgan fingerprint density at radius 3 is 2.88 bits per heavy atom. The fraction of sp³-hybridized carbons (Fsp3) is 0.111. The number of aromatic nitrogens is 2. The number of nitrogens with one attached hydrogen (secondary N) is 2. The number of hydrogen-bond acceptors (Lipinski definition) is 4. The van der Waals surface area contributed by atoms with E-state index in [0.717, 1.165) is 11.3 Å². The van der Waals surface area contributed by atoms with E-state index in [4.69, 9.17) is 9.15 Å². The van der Waals surface area contributed by atoms with Gasteiger partial charge in [-0.3, -0.25) is 9.89 Å². The van der Waals surface area contributed by atoms with Gasteiger partial charge in [0.05, 0.1) is 19.9 Å². The van der Waals surface area contributed by atoms with Gasteiger partial charge in [-0.1, -0.05) is 11.8 Å². The molecule has 0 saturated heterocycles. The number of aromatic amines is 1. The molecule has 0 atom stereocenters. The molecule has 120 valence electrons. The summed E-state index contributed by atoms with van der Waals surface area (Å²) in [5.41, 5.74) is 1.78. The van der Waals surface area contributed by atoms with Gasteiger partial charge in [0, 0.05) is 11.6 Å². The Hall–Kier alpha value is -3.46. The lowest BCUT2D eigenvalue weighted by molar-refractivity contribution is 0.0953. The number of methoxy groups -OCH3 is 1. The molecule has 2 heterocycles. The summed E-state index contributed by atoms with van der Waals surface area (Å²) in [6.45, 7) is 0.230. The molecule has 3 aromatic rings. The van der Waals surface area contributed by atoms with Gasteiger partial charge in [0.2, 0.25) is 0 Å². The highest BCUT2D eigenvalue weighted by Crippen LogP contribution is 2.17. The Kier molecular flexibility index (Phi) is 4.63. The van der Waals surface area contributed by atoms with E-state index < -0.39 is 0 Å². The minimum atomic E-state index is -0.298. The van der Waals surface area contributed by atoms with Gasteiger partial charge in [-0.05, 0) is 36.4 Å². The van der Waals surface area contributed by atoms with E-state index in [2.05, 4.69) is 27.4 Å². The van der Waals surface area contributed by atoms with E-state index in [1.807, 2.05) is 24.3 Å². The number of H-pyrrole nitrogens is 1.